The van der Waals surface area contributed by atoms with E-state index >= 15 is 0 Å². The maximum absolute atomic E-state index is 7.11. The highest BCUT2D eigenvalue weighted by molar-refractivity contribution is 7.26. The second-order valence-corrected chi connectivity index (χ2v) is 17.8. The average Bonchev–Trinajstić information content (AvgIpc) is 4.14. The fraction of sp³-hybridized carbons (Fsp3) is 0. The zero-order chi connectivity index (χ0) is 42.6. The van der Waals surface area contributed by atoms with E-state index in [4.69, 9.17) is 8.83 Å². The molecule has 5 heteroatoms. The molecule has 0 radical (unpaired) electrons. The highest BCUT2D eigenvalue weighted by Gasteiger charge is 2.27. The van der Waals surface area contributed by atoms with Crippen molar-refractivity contribution in [1.82, 2.24) is 4.57 Å². The third kappa shape index (κ3) is 5.37. The van der Waals surface area contributed by atoms with Gasteiger partial charge in [-0.3, -0.25) is 0 Å². The first-order valence-corrected chi connectivity index (χ1v) is 22.8. The molecular weight excluding hydrogens is 813 g/mol. The van der Waals surface area contributed by atoms with Crippen LogP contribution in [0.2, 0.25) is 0 Å². The van der Waals surface area contributed by atoms with Crippen LogP contribution in [0.1, 0.15) is 0 Å². The third-order valence-corrected chi connectivity index (χ3v) is 14.4. The number of hydrogen-bond donors (Lipinski definition) is 0. The molecule has 4 aromatic heterocycles. The molecule has 4 heterocycles. The normalized spacial score (nSPS) is 12.0. The van der Waals surface area contributed by atoms with Crippen LogP contribution in [-0.2, 0) is 0 Å². The first kappa shape index (κ1) is 36.1. The molecule has 0 aliphatic rings. The first-order valence-electron chi connectivity index (χ1n) is 22.0. The Hall–Kier alpha value is -8.38. The number of nitrogens with zero attached hydrogens (tertiary/aromatic N) is 2. The second kappa shape index (κ2) is 14.1. The summed E-state index contributed by atoms with van der Waals surface area (Å²) in [5.41, 5.74) is 14.2. The summed E-state index contributed by atoms with van der Waals surface area (Å²) in [4.78, 5) is 2.46. The Morgan fingerprint density at radius 3 is 1.74 bits per heavy atom. The maximum atomic E-state index is 7.11. The molecule has 4 nitrogen and oxygen atoms in total. The fourth-order valence-corrected chi connectivity index (χ4v) is 11.6. The molecule has 0 N–H and O–H groups in total. The lowest BCUT2D eigenvalue weighted by Gasteiger charge is -2.29. The van der Waals surface area contributed by atoms with Crippen LogP contribution in [0.15, 0.2) is 227 Å². The quantitative estimate of drug-likeness (QED) is 0.167. The van der Waals surface area contributed by atoms with Gasteiger partial charge >= 0.3 is 0 Å². The number of benzene rings is 10. The van der Waals surface area contributed by atoms with E-state index < -0.39 is 0 Å². The van der Waals surface area contributed by atoms with E-state index in [1.807, 2.05) is 17.4 Å². The molecular formula is C60H36N2O2S. The van der Waals surface area contributed by atoms with Crippen LogP contribution in [0.4, 0.5) is 17.1 Å². The molecule has 14 rings (SSSR count). The van der Waals surface area contributed by atoms with Crippen LogP contribution in [-0.4, -0.2) is 4.57 Å². The highest BCUT2D eigenvalue weighted by atomic mass is 32.1. The van der Waals surface area contributed by atoms with Gasteiger partial charge < -0.3 is 18.3 Å². The molecule has 0 saturated heterocycles. The van der Waals surface area contributed by atoms with Crippen LogP contribution < -0.4 is 4.90 Å². The second-order valence-electron chi connectivity index (χ2n) is 16.7. The molecule has 0 aliphatic heterocycles. The Kier molecular flexibility index (Phi) is 7.82. The smallest absolute Gasteiger partial charge is 0.145 e. The number of thiophene rings is 1. The van der Waals surface area contributed by atoms with Gasteiger partial charge in [0, 0.05) is 64.6 Å². The molecule has 14 aromatic rings. The summed E-state index contributed by atoms with van der Waals surface area (Å²) in [5.74, 6) is 0. The van der Waals surface area contributed by atoms with Crippen LogP contribution in [0.5, 0.6) is 0 Å². The van der Waals surface area contributed by atoms with Gasteiger partial charge in [0.05, 0.1) is 38.4 Å². The lowest BCUT2D eigenvalue weighted by Crippen LogP contribution is -2.12. The van der Waals surface area contributed by atoms with Crippen LogP contribution in [0.25, 0.3) is 114 Å². The molecule has 304 valence electrons. The van der Waals surface area contributed by atoms with Crippen LogP contribution in [0.3, 0.4) is 0 Å². The van der Waals surface area contributed by atoms with Gasteiger partial charge in [-0.05, 0) is 72.3 Å². The van der Waals surface area contributed by atoms with E-state index in [0.29, 0.717) is 0 Å². The molecule has 0 fully saturated rings. The van der Waals surface area contributed by atoms with Gasteiger partial charge in [-0.2, -0.15) is 0 Å². The standard InChI is InChI=1S/C60H36N2O2S/c1-7-27-49-40(18-1)41-19-2-8-28-50(41)62(49)51-29-9-3-23-48(51)57-52(35-34-46-43-21-5-11-32-55(43)64-59(46)57)61(53-30-15-26-47-44-22-6-12-33-56(44)65-60(47)53)38-17-13-16-37(36-38)39-24-14-25-45-42-20-4-10-31-54(42)63-58(39)45/h1-36H. The van der Waals surface area contributed by atoms with E-state index in [2.05, 4.69) is 222 Å². The van der Waals surface area contributed by atoms with Gasteiger partial charge in [-0.25, -0.2) is 0 Å². The molecule has 0 atom stereocenters. The Balaban J connectivity index is 1.10. The van der Waals surface area contributed by atoms with E-state index in [9.17, 15) is 0 Å². The lowest BCUT2D eigenvalue weighted by atomic mass is 9.96. The van der Waals surface area contributed by atoms with Crippen molar-refractivity contribution in [3.05, 3.63) is 218 Å². The van der Waals surface area contributed by atoms with Gasteiger partial charge in [0.15, 0.2) is 0 Å². The molecule has 0 unspecified atom stereocenters. The van der Waals surface area contributed by atoms with Gasteiger partial charge in [0.25, 0.3) is 0 Å². The number of aromatic nitrogens is 1. The van der Waals surface area contributed by atoms with Crippen molar-refractivity contribution in [3.8, 4) is 27.9 Å². The Morgan fingerprint density at radius 2 is 0.954 bits per heavy atom. The van der Waals surface area contributed by atoms with Crippen molar-refractivity contribution in [2.24, 2.45) is 0 Å². The summed E-state index contributed by atoms with van der Waals surface area (Å²) >= 11 is 1.84. The largest absolute Gasteiger partial charge is 0.455 e. The first-order chi connectivity index (χ1) is 32.3. The summed E-state index contributed by atoms with van der Waals surface area (Å²) in [7, 11) is 0. The zero-order valence-electron chi connectivity index (χ0n) is 34.9. The van der Waals surface area contributed by atoms with Crippen molar-refractivity contribution in [2.75, 3.05) is 4.90 Å². The molecule has 0 saturated carbocycles. The van der Waals surface area contributed by atoms with Gasteiger partial charge in [-0.15, -0.1) is 11.3 Å². The van der Waals surface area contributed by atoms with Crippen molar-refractivity contribution in [1.29, 1.82) is 0 Å². The summed E-state index contributed by atoms with van der Waals surface area (Å²) < 4.78 is 18.6. The van der Waals surface area contributed by atoms with Gasteiger partial charge in [0.2, 0.25) is 0 Å². The van der Waals surface area contributed by atoms with Crippen molar-refractivity contribution in [3.63, 3.8) is 0 Å². The molecule has 0 bridgehead atoms. The summed E-state index contributed by atoms with van der Waals surface area (Å²) in [5, 5.41) is 9.30. The number of fused-ring (bicyclic) bond motifs is 12. The summed E-state index contributed by atoms with van der Waals surface area (Å²) in [6.45, 7) is 0. The predicted molar refractivity (Wildman–Crippen MR) is 274 cm³/mol. The summed E-state index contributed by atoms with van der Waals surface area (Å²) in [6.07, 6.45) is 0. The van der Waals surface area contributed by atoms with E-state index in [0.717, 1.165) is 99.9 Å². The minimum atomic E-state index is 0.841. The topological polar surface area (TPSA) is 34.5 Å². The minimum absolute atomic E-state index is 0.841. The average molecular weight is 849 g/mol. The monoisotopic (exact) mass is 848 g/mol. The van der Waals surface area contributed by atoms with E-state index in [1.165, 1.54) is 30.9 Å². The molecule has 65 heavy (non-hydrogen) atoms. The number of hydrogen-bond acceptors (Lipinski definition) is 4. The number of rotatable bonds is 6. The number of furan rings is 2. The van der Waals surface area contributed by atoms with E-state index in [1.54, 1.807) is 0 Å². The summed E-state index contributed by atoms with van der Waals surface area (Å²) in [6, 6.07) is 78.4. The SMILES string of the molecule is c1cc(-c2cccc3c2oc2ccccc23)cc(N(c2ccc3c(oc4ccccc43)c2-c2ccccc2-n2c3ccccc3c3ccccc32)c2cccc3c2sc2ccccc23)c1. The van der Waals surface area contributed by atoms with Crippen molar-refractivity contribution >= 4 is 114 Å². The fourth-order valence-electron chi connectivity index (χ4n) is 10.4. The Morgan fingerprint density at radius 1 is 0.385 bits per heavy atom. The lowest BCUT2D eigenvalue weighted by molar-refractivity contribution is 0.669. The molecule has 10 aromatic carbocycles. The molecule has 0 spiro atoms. The minimum Gasteiger partial charge on any atom is -0.455 e. The van der Waals surface area contributed by atoms with Crippen molar-refractivity contribution < 1.29 is 8.83 Å². The maximum Gasteiger partial charge on any atom is 0.145 e. The van der Waals surface area contributed by atoms with Crippen LogP contribution >= 0.6 is 11.3 Å². The Labute approximate surface area is 377 Å². The third-order valence-electron chi connectivity index (χ3n) is 13.2. The number of anilines is 3. The molecule has 0 aliphatic carbocycles. The molecule has 0 amide bonds. The zero-order valence-corrected chi connectivity index (χ0v) is 35.7. The number of para-hydroxylation sites is 6. The van der Waals surface area contributed by atoms with E-state index in [-0.39, 0.29) is 0 Å². The van der Waals surface area contributed by atoms with Crippen molar-refractivity contribution in [2.45, 2.75) is 0 Å². The highest BCUT2D eigenvalue weighted by Crippen LogP contribution is 2.52. The van der Waals surface area contributed by atoms with Gasteiger partial charge in [-0.1, -0.05) is 152 Å². The van der Waals surface area contributed by atoms with Gasteiger partial charge in [0.1, 0.15) is 22.3 Å². The predicted octanol–water partition coefficient (Wildman–Crippen LogP) is 17.8. The van der Waals surface area contributed by atoms with Crippen LogP contribution in [0, 0.1) is 0 Å². The Bertz CT molecular complexity index is 4170.